The van der Waals surface area contributed by atoms with Gasteiger partial charge in [0.05, 0.1) is 6.61 Å². The molecular formula is C23H46O2. The van der Waals surface area contributed by atoms with Gasteiger partial charge in [-0.2, -0.15) is 0 Å². The van der Waals surface area contributed by atoms with Crippen LogP contribution in [0.25, 0.3) is 0 Å². The van der Waals surface area contributed by atoms with E-state index in [0.717, 1.165) is 24.7 Å². The van der Waals surface area contributed by atoms with Crippen molar-refractivity contribution in [3.63, 3.8) is 0 Å². The van der Waals surface area contributed by atoms with Crippen molar-refractivity contribution in [2.45, 2.75) is 124 Å². The summed E-state index contributed by atoms with van der Waals surface area (Å²) in [5, 5.41) is 0. The van der Waals surface area contributed by atoms with E-state index in [4.69, 9.17) is 4.74 Å². The lowest BCUT2D eigenvalue weighted by Crippen LogP contribution is -2.05. The number of hydrogen-bond donors (Lipinski definition) is 0. The minimum absolute atomic E-state index is 0.0101. The summed E-state index contributed by atoms with van der Waals surface area (Å²) in [5.74, 6) is 1.68. The first kappa shape index (κ1) is 24.5. The number of hydrogen-bond acceptors (Lipinski definition) is 2. The molecule has 0 N–H and O–H groups in total. The van der Waals surface area contributed by atoms with Gasteiger partial charge in [0, 0.05) is 6.42 Å². The van der Waals surface area contributed by atoms with Gasteiger partial charge in [0.2, 0.25) is 0 Å². The third-order valence-electron chi connectivity index (χ3n) is 4.85. The standard InChI is InChI=1S/C23H46O2/c1-21(2)17-13-9-6-5-7-12-16-20-25-23(24)19-15-11-8-10-14-18-22(3)4/h21-22H,5-20H2,1-4H3. The monoisotopic (exact) mass is 354 g/mol. The molecule has 0 fully saturated rings. The second kappa shape index (κ2) is 18.3. The van der Waals surface area contributed by atoms with Crippen LogP contribution in [0, 0.1) is 11.8 Å². The quantitative estimate of drug-likeness (QED) is 0.186. The molecule has 2 nitrogen and oxygen atoms in total. The number of unbranched alkanes of at least 4 members (excludes halogenated alkanes) is 10. The number of ether oxygens (including phenoxy) is 1. The third-order valence-corrected chi connectivity index (χ3v) is 4.85. The zero-order chi connectivity index (χ0) is 18.8. The molecule has 0 saturated heterocycles. The van der Waals surface area contributed by atoms with E-state index >= 15 is 0 Å². The lowest BCUT2D eigenvalue weighted by Gasteiger charge is -2.06. The number of carbonyl (C=O) groups excluding carboxylic acids is 1. The van der Waals surface area contributed by atoms with Crippen LogP contribution in [0.15, 0.2) is 0 Å². The first-order valence-corrected chi connectivity index (χ1v) is 11.2. The summed E-state index contributed by atoms with van der Waals surface area (Å²) in [4.78, 5) is 11.7. The van der Waals surface area contributed by atoms with Gasteiger partial charge >= 0.3 is 5.97 Å². The van der Waals surface area contributed by atoms with Crippen LogP contribution in [-0.4, -0.2) is 12.6 Å². The Morgan fingerprint density at radius 2 is 1.00 bits per heavy atom. The Hall–Kier alpha value is -0.530. The number of rotatable bonds is 18. The topological polar surface area (TPSA) is 26.3 Å². The molecule has 2 heteroatoms. The maximum atomic E-state index is 11.7. The average molecular weight is 355 g/mol. The molecule has 0 atom stereocenters. The van der Waals surface area contributed by atoms with E-state index in [9.17, 15) is 4.79 Å². The van der Waals surface area contributed by atoms with Gasteiger partial charge in [-0.05, 0) is 24.7 Å². The summed E-state index contributed by atoms with van der Waals surface area (Å²) in [6.45, 7) is 9.79. The van der Waals surface area contributed by atoms with E-state index in [0.29, 0.717) is 13.0 Å². The van der Waals surface area contributed by atoms with E-state index in [1.165, 1.54) is 77.0 Å². The first-order valence-electron chi connectivity index (χ1n) is 11.2. The fourth-order valence-electron chi connectivity index (χ4n) is 3.15. The molecule has 0 aliphatic heterocycles. The fraction of sp³-hybridized carbons (Fsp3) is 0.957. The van der Waals surface area contributed by atoms with E-state index in [2.05, 4.69) is 27.7 Å². The summed E-state index contributed by atoms with van der Waals surface area (Å²) in [6.07, 6.45) is 18.4. The SMILES string of the molecule is CC(C)CCCCCCCCCOC(=O)CCCCCCCC(C)C. The van der Waals surface area contributed by atoms with E-state index in [-0.39, 0.29) is 5.97 Å². The highest BCUT2D eigenvalue weighted by Crippen LogP contribution is 2.13. The van der Waals surface area contributed by atoms with Crippen LogP contribution in [0.5, 0.6) is 0 Å². The average Bonchev–Trinajstić information content (AvgIpc) is 2.55. The van der Waals surface area contributed by atoms with Crippen LogP contribution >= 0.6 is 0 Å². The molecule has 0 aliphatic rings. The van der Waals surface area contributed by atoms with Crippen molar-refractivity contribution in [2.24, 2.45) is 11.8 Å². The lowest BCUT2D eigenvalue weighted by atomic mass is 10.0. The predicted molar refractivity (Wildman–Crippen MR) is 110 cm³/mol. The van der Waals surface area contributed by atoms with Crippen LogP contribution in [0.3, 0.4) is 0 Å². The maximum Gasteiger partial charge on any atom is 0.305 e. The normalized spacial score (nSPS) is 11.4. The molecule has 0 radical (unpaired) electrons. The Kier molecular flexibility index (Phi) is 17.9. The summed E-state index contributed by atoms with van der Waals surface area (Å²) in [7, 11) is 0. The van der Waals surface area contributed by atoms with Gasteiger partial charge in [0.1, 0.15) is 0 Å². The van der Waals surface area contributed by atoms with Gasteiger partial charge in [-0.1, -0.05) is 105 Å². The van der Waals surface area contributed by atoms with Gasteiger partial charge in [0.25, 0.3) is 0 Å². The van der Waals surface area contributed by atoms with Crippen LogP contribution in [0.1, 0.15) is 124 Å². The smallest absolute Gasteiger partial charge is 0.305 e. The molecule has 0 aromatic heterocycles. The molecular weight excluding hydrogens is 308 g/mol. The third kappa shape index (κ3) is 21.4. The fourth-order valence-corrected chi connectivity index (χ4v) is 3.15. The van der Waals surface area contributed by atoms with Crippen molar-refractivity contribution in [1.82, 2.24) is 0 Å². The molecule has 0 unspecified atom stereocenters. The Balaban J connectivity index is 3.18. The van der Waals surface area contributed by atoms with Crippen molar-refractivity contribution < 1.29 is 9.53 Å². The van der Waals surface area contributed by atoms with E-state index in [1.54, 1.807) is 0 Å². The largest absolute Gasteiger partial charge is 0.466 e. The Morgan fingerprint density at radius 3 is 1.48 bits per heavy atom. The number of carbonyl (C=O) groups is 1. The zero-order valence-electron chi connectivity index (χ0n) is 17.8. The number of esters is 1. The minimum Gasteiger partial charge on any atom is -0.466 e. The zero-order valence-corrected chi connectivity index (χ0v) is 17.8. The van der Waals surface area contributed by atoms with Gasteiger partial charge < -0.3 is 4.74 Å². The highest BCUT2D eigenvalue weighted by molar-refractivity contribution is 5.69. The van der Waals surface area contributed by atoms with Gasteiger partial charge in [-0.3, -0.25) is 4.79 Å². The first-order chi connectivity index (χ1) is 12.0. The summed E-state index contributed by atoms with van der Waals surface area (Å²) < 4.78 is 5.33. The molecule has 0 rings (SSSR count). The molecule has 150 valence electrons. The minimum atomic E-state index is 0.0101. The van der Waals surface area contributed by atoms with Gasteiger partial charge in [-0.25, -0.2) is 0 Å². The van der Waals surface area contributed by atoms with Crippen molar-refractivity contribution in [1.29, 1.82) is 0 Å². The summed E-state index contributed by atoms with van der Waals surface area (Å²) >= 11 is 0. The van der Waals surface area contributed by atoms with Crippen molar-refractivity contribution in [3.8, 4) is 0 Å². The van der Waals surface area contributed by atoms with Gasteiger partial charge in [0.15, 0.2) is 0 Å². The molecule has 0 amide bonds. The van der Waals surface area contributed by atoms with Crippen molar-refractivity contribution in [3.05, 3.63) is 0 Å². The molecule has 0 bridgehead atoms. The Morgan fingerprint density at radius 1 is 0.600 bits per heavy atom. The molecule has 0 heterocycles. The molecule has 0 aromatic rings. The lowest BCUT2D eigenvalue weighted by molar-refractivity contribution is -0.143. The molecule has 0 saturated carbocycles. The predicted octanol–water partition coefficient (Wildman–Crippen LogP) is 7.69. The Labute approximate surface area is 158 Å². The van der Waals surface area contributed by atoms with Crippen molar-refractivity contribution >= 4 is 5.97 Å². The van der Waals surface area contributed by atoms with Crippen LogP contribution in [0.2, 0.25) is 0 Å². The van der Waals surface area contributed by atoms with Crippen LogP contribution < -0.4 is 0 Å². The molecule has 0 spiro atoms. The summed E-state index contributed by atoms with van der Waals surface area (Å²) in [5.41, 5.74) is 0. The Bertz CT molecular complexity index is 284. The highest BCUT2D eigenvalue weighted by Gasteiger charge is 2.03. The van der Waals surface area contributed by atoms with E-state index in [1.807, 2.05) is 0 Å². The van der Waals surface area contributed by atoms with Crippen LogP contribution in [-0.2, 0) is 9.53 Å². The maximum absolute atomic E-state index is 11.7. The molecule has 0 aromatic carbocycles. The second-order valence-corrected chi connectivity index (χ2v) is 8.58. The van der Waals surface area contributed by atoms with Gasteiger partial charge in [-0.15, -0.1) is 0 Å². The van der Waals surface area contributed by atoms with E-state index < -0.39 is 0 Å². The molecule has 25 heavy (non-hydrogen) atoms. The van der Waals surface area contributed by atoms with Crippen LogP contribution in [0.4, 0.5) is 0 Å². The molecule has 0 aliphatic carbocycles. The second-order valence-electron chi connectivity index (χ2n) is 8.58. The summed E-state index contributed by atoms with van der Waals surface area (Å²) in [6, 6.07) is 0. The van der Waals surface area contributed by atoms with Crippen molar-refractivity contribution in [2.75, 3.05) is 6.61 Å². The highest BCUT2D eigenvalue weighted by atomic mass is 16.5.